The number of nitrogens with one attached hydrogen (secondary N) is 4. The Balaban J connectivity index is -0.000000200. The molecule has 0 aromatic heterocycles. The van der Waals surface area contributed by atoms with Gasteiger partial charge >= 0.3 is 0 Å². The maximum atomic E-state index is 3.54. The second-order valence-electron chi connectivity index (χ2n) is 6.06. The maximum Gasteiger partial charge on any atom is 0.00506 e. The molecule has 0 aliphatic carbocycles. The molecule has 0 aliphatic heterocycles. The van der Waals surface area contributed by atoms with Gasteiger partial charge in [0, 0.05) is 12.1 Å². The summed E-state index contributed by atoms with van der Waals surface area (Å²) in [7, 11) is 0. The maximum absolute atomic E-state index is 3.54. The van der Waals surface area contributed by atoms with Crippen LogP contribution in [0.3, 0.4) is 0 Å². The molecule has 0 amide bonds. The monoisotopic (exact) mass is 636 g/mol. The molecule has 26 heavy (non-hydrogen) atoms. The molecule has 168 valence electrons. The molecule has 0 aliphatic rings. The summed E-state index contributed by atoms with van der Waals surface area (Å²) in [4.78, 5) is 0. The third kappa shape index (κ3) is 33.4. The topological polar surface area (TPSA) is 48.1 Å². The summed E-state index contributed by atoms with van der Waals surface area (Å²) in [5.41, 5.74) is 0. The van der Waals surface area contributed by atoms with Gasteiger partial charge in [0.25, 0.3) is 0 Å². The molecular formula is C18H48Br4N4. The fraction of sp³-hybridized carbons (Fsp3) is 1.00. The van der Waals surface area contributed by atoms with Crippen LogP contribution < -0.4 is 21.3 Å². The molecule has 0 spiro atoms. The molecule has 0 heterocycles. The van der Waals surface area contributed by atoms with Crippen molar-refractivity contribution in [2.24, 2.45) is 0 Å². The van der Waals surface area contributed by atoms with Gasteiger partial charge in [-0.2, -0.15) is 0 Å². The van der Waals surface area contributed by atoms with E-state index in [-0.39, 0.29) is 75.4 Å². The highest BCUT2D eigenvalue weighted by Gasteiger charge is 1.99. The summed E-state index contributed by atoms with van der Waals surface area (Å²) in [6, 6.07) is 1.27. The molecule has 8 heteroatoms. The average molecular weight is 640 g/mol. The zero-order chi connectivity index (χ0) is 15.8. The van der Waals surface area contributed by atoms with Crippen molar-refractivity contribution in [3.05, 3.63) is 0 Å². The lowest BCUT2D eigenvalue weighted by Crippen LogP contribution is -2.30. The molecule has 4 nitrogen and oxygen atoms in total. The van der Waals surface area contributed by atoms with E-state index in [1.165, 1.54) is 32.1 Å². The van der Waals surface area contributed by atoms with Crippen molar-refractivity contribution in [2.75, 3.05) is 39.3 Å². The molecule has 0 rings (SSSR count). The highest BCUT2D eigenvalue weighted by atomic mass is 79.9. The zero-order valence-electron chi connectivity index (χ0n) is 16.6. The quantitative estimate of drug-likeness (QED) is 0.179. The van der Waals surface area contributed by atoms with Crippen LogP contribution in [0.25, 0.3) is 0 Å². The van der Waals surface area contributed by atoms with Gasteiger partial charge in [0.15, 0.2) is 0 Å². The van der Waals surface area contributed by atoms with Gasteiger partial charge in [0.05, 0.1) is 0 Å². The normalized spacial score (nSPS) is 11.5. The summed E-state index contributed by atoms with van der Waals surface area (Å²) in [6.45, 7) is 15.6. The van der Waals surface area contributed by atoms with E-state index in [2.05, 4.69) is 49.0 Å². The molecule has 0 fully saturated rings. The first kappa shape index (κ1) is 42.0. The molecule has 0 saturated carbocycles. The average Bonchev–Trinajstić information content (AvgIpc) is 2.45. The first-order valence-electron chi connectivity index (χ1n) is 9.08. The lowest BCUT2D eigenvalue weighted by atomic mass is 10.2. The van der Waals surface area contributed by atoms with E-state index in [1.54, 1.807) is 0 Å². The van der Waals surface area contributed by atoms with E-state index < -0.39 is 0 Å². The van der Waals surface area contributed by atoms with Crippen molar-refractivity contribution in [1.82, 2.24) is 21.3 Å². The predicted molar refractivity (Wildman–Crippen MR) is 143 cm³/mol. The first-order valence-corrected chi connectivity index (χ1v) is 9.08. The Morgan fingerprint density at radius 2 is 0.923 bits per heavy atom. The lowest BCUT2D eigenvalue weighted by molar-refractivity contribution is 0.487. The van der Waals surface area contributed by atoms with Gasteiger partial charge in [0.1, 0.15) is 0 Å². The van der Waals surface area contributed by atoms with Crippen molar-refractivity contribution in [1.29, 1.82) is 0 Å². The number of halogens is 4. The second-order valence-corrected chi connectivity index (χ2v) is 6.06. The van der Waals surface area contributed by atoms with Crippen LogP contribution in [0.1, 0.15) is 67.2 Å². The summed E-state index contributed by atoms with van der Waals surface area (Å²) < 4.78 is 0. The van der Waals surface area contributed by atoms with Crippen LogP contribution in [0.5, 0.6) is 0 Å². The number of hydrogen-bond acceptors (Lipinski definition) is 4. The highest BCUT2D eigenvalue weighted by Crippen LogP contribution is 1.94. The van der Waals surface area contributed by atoms with E-state index in [1.807, 2.05) is 0 Å². The van der Waals surface area contributed by atoms with Crippen LogP contribution in [-0.2, 0) is 0 Å². The van der Waals surface area contributed by atoms with E-state index in [0.29, 0.717) is 12.1 Å². The molecule has 0 aromatic rings. The van der Waals surface area contributed by atoms with Gasteiger partial charge in [0.2, 0.25) is 0 Å². The predicted octanol–water partition coefficient (Wildman–Crippen LogP) is 5.06. The minimum Gasteiger partial charge on any atom is -0.317 e. The van der Waals surface area contributed by atoms with Gasteiger partial charge in [-0.15, -0.1) is 67.9 Å². The fourth-order valence-electron chi connectivity index (χ4n) is 2.46. The van der Waals surface area contributed by atoms with Gasteiger partial charge < -0.3 is 21.3 Å². The minimum absolute atomic E-state index is 0. The summed E-state index contributed by atoms with van der Waals surface area (Å²) in [5, 5.41) is 14.0. The van der Waals surface area contributed by atoms with Crippen LogP contribution in [0.4, 0.5) is 0 Å². The molecule has 0 radical (unpaired) electrons. The van der Waals surface area contributed by atoms with E-state index in [4.69, 9.17) is 0 Å². The summed E-state index contributed by atoms with van der Waals surface area (Å²) >= 11 is 0. The Morgan fingerprint density at radius 3 is 1.23 bits per heavy atom. The molecule has 4 N–H and O–H groups in total. The number of rotatable bonds is 16. The minimum atomic E-state index is 0. The number of hydrogen-bond donors (Lipinski definition) is 4. The van der Waals surface area contributed by atoms with Crippen LogP contribution in [-0.4, -0.2) is 51.4 Å². The van der Waals surface area contributed by atoms with Gasteiger partial charge in [-0.3, -0.25) is 0 Å². The van der Waals surface area contributed by atoms with Crippen molar-refractivity contribution in [3.63, 3.8) is 0 Å². The van der Waals surface area contributed by atoms with Gasteiger partial charge in [-0.05, 0) is 78.8 Å². The van der Waals surface area contributed by atoms with Gasteiger partial charge in [-0.25, -0.2) is 0 Å². The molecule has 0 aromatic carbocycles. The van der Waals surface area contributed by atoms with E-state index in [0.717, 1.165) is 39.3 Å². The zero-order valence-corrected chi connectivity index (χ0v) is 23.4. The van der Waals surface area contributed by atoms with Gasteiger partial charge in [-0.1, -0.05) is 27.7 Å². The molecule has 2 unspecified atom stereocenters. The second kappa shape index (κ2) is 34.3. The largest absolute Gasteiger partial charge is 0.317 e. The first-order chi connectivity index (χ1) is 10.2. The molecule has 2 atom stereocenters. The summed E-state index contributed by atoms with van der Waals surface area (Å²) in [5.74, 6) is 0. The van der Waals surface area contributed by atoms with E-state index >= 15 is 0 Å². The highest BCUT2D eigenvalue weighted by molar-refractivity contribution is 8.93. The standard InChI is InChI=1S/C17H40N4.CH4.4BrH/c1-5-20-16(3)10-14-18-12-8-7-9-13-19-15-11-17(4)21-6-2;;;;;/h16-21H,5-15H2,1-4H3;1H4;4*1H. The van der Waals surface area contributed by atoms with Crippen LogP contribution in [0.15, 0.2) is 0 Å². The smallest absolute Gasteiger partial charge is 0.00506 e. The van der Waals surface area contributed by atoms with Crippen LogP contribution >= 0.6 is 67.9 Å². The van der Waals surface area contributed by atoms with E-state index in [9.17, 15) is 0 Å². The third-order valence-corrected chi connectivity index (χ3v) is 3.82. The fourth-order valence-corrected chi connectivity index (χ4v) is 2.46. The molecule has 0 saturated heterocycles. The Bertz CT molecular complexity index is 196. The lowest BCUT2D eigenvalue weighted by Gasteiger charge is -2.13. The molecule has 0 bridgehead atoms. The Kier molecular flexibility index (Phi) is 55.4. The van der Waals surface area contributed by atoms with Crippen molar-refractivity contribution < 1.29 is 0 Å². The third-order valence-electron chi connectivity index (χ3n) is 3.82. The Morgan fingerprint density at radius 1 is 0.577 bits per heavy atom. The van der Waals surface area contributed by atoms with Crippen LogP contribution in [0, 0.1) is 0 Å². The SMILES string of the molecule is Br.Br.Br.Br.C.CCNC(C)CCNCCCCCNCCC(C)NCC. The number of unbranched alkanes of at least 4 members (excludes halogenated alkanes) is 2. The van der Waals surface area contributed by atoms with Crippen molar-refractivity contribution >= 4 is 67.9 Å². The molecular weight excluding hydrogens is 592 g/mol. The summed E-state index contributed by atoms with van der Waals surface area (Å²) in [6.07, 6.45) is 6.36. The van der Waals surface area contributed by atoms with Crippen molar-refractivity contribution in [3.8, 4) is 0 Å². The Hall–Kier alpha value is 1.76. The van der Waals surface area contributed by atoms with Crippen molar-refractivity contribution in [2.45, 2.75) is 79.3 Å². The van der Waals surface area contributed by atoms with Crippen LogP contribution in [0.2, 0.25) is 0 Å². The Labute approximate surface area is 206 Å².